The number of benzene rings is 2. The molecule has 7 nitrogen and oxygen atoms in total. The number of imidazole rings is 1. The highest BCUT2D eigenvalue weighted by Crippen LogP contribution is 2.28. The van der Waals surface area contributed by atoms with Crippen LogP contribution in [-0.2, 0) is 0 Å². The van der Waals surface area contributed by atoms with Gasteiger partial charge in [-0.2, -0.15) is 0 Å². The van der Waals surface area contributed by atoms with Crippen molar-refractivity contribution in [3.63, 3.8) is 0 Å². The zero-order chi connectivity index (χ0) is 21.3. The summed E-state index contributed by atoms with van der Waals surface area (Å²) in [6.45, 7) is 0. The Bertz CT molecular complexity index is 1300. The van der Waals surface area contributed by atoms with Gasteiger partial charge in [0, 0.05) is 48.4 Å². The largest absolute Gasteiger partial charge is 0.393 e. The standard InChI is InChI=1S/C22H19FN6O/c1-26-11-15(10-24)18-12-28(13-27-18)19-3-2-4-20-16(19)7-8-29(20)21-6-5-14(22(25)30)9-17(21)23/h2-13,24,26H,1H3,(H2,25,30)/b15-11+,24-10?. The van der Waals surface area contributed by atoms with Crippen molar-refractivity contribution < 1.29 is 9.18 Å². The van der Waals surface area contributed by atoms with E-state index < -0.39 is 11.7 Å². The van der Waals surface area contributed by atoms with Crippen LogP contribution in [0.4, 0.5) is 4.39 Å². The summed E-state index contributed by atoms with van der Waals surface area (Å²) in [6.07, 6.45) is 8.23. The number of primary amides is 1. The smallest absolute Gasteiger partial charge is 0.248 e. The Morgan fingerprint density at radius 1 is 1.23 bits per heavy atom. The Morgan fingerprint density at radius 3 is 2.77 bits per heavy atom. The zero-order valence-electron chi connectivity index (χ0n) is 16.1. The number of fused-ring (bicyclic) bond motifs is 1. The summed E-state index contributed by atoms with van der Waals surface area (Å²) >= 11 is 0. The van der Waals surface area contributed by atoms with Crippen molar-refractivity contribution in [3.05, 3.63) is 84.5 Å². The predicted octanol–water partition coefficient (Wildman–Crippen LogP) is 3.26. The molecule has 0 unspecified atom stereocenters. The van der Waals surface area contributed by atoms with E-state index in [9.17, 15) is 9.18 Å². The fraction of sp³-hybridized carbons (Fsp3) is 0.0455. The molecule has 2 heterocycles. The van der Waals surface area contributed by atoms with Crippen LogP contribution in [0.2, 0.25) is 0 Å². The van der Waals surface area contributed by atoms with E-state index in [2.05, 4.69) is 10.3 Å². The van der Waals surface area contributed by atoms with Gasteiger partial charge in [0.1, 0.15) is 5.82 Å². The van der Waals surface area contributed by atoms with Crippen LogP contribution >= 0.6 is 0 Å². The first-order chi connectivity index (χ1) is 14.5. The fourth-order valence-electron chi connectivity index (χ4n) is 3.39. The van der Waals surface area contributed by atoms with E-state index in [0.717, 1.165) is 22.7 Å². The minimum Gasteiger partial charge on any atom is -0.393 e. The van der Waals surface area contributed by atoms with Crippen molar-refractivity contribution in [1.82, 2.24) is 19.4 Å². The van der Waals surface area contributed by atoms with Crippen LogP contribution in [0.1, 0.15) is 16.1 Å². The molecule has 4 N–H and O–H groups in total. The van der Waals surface area contributed by atoms with Crippen LogP contribution in [-0.4, -0.2) is 33.3 Å². The third kappa shape index (κ3) is 3.24. The van der Waals surface area contributed by atoms with Gasteiger partial charge in [-0.05, 0) is 36.4 Å². The molecular formula is C22H19FN6O. The van der Waals surface area contributed by atoms with Gasteiger partial charge >= 0.3 is 0 Å². The molecule has 0 aliphatic rings. The maximum atomic E-state index is 14.7. The number of halogens is 1. The summed E-state index contributed by atoms with van der Waals surface area (Å²) in [4.78, 5) is 15.7. The summed E-state index contributed by atoms with van der Waals surface area (Å²) in [5.74, 6) is -1.21. The monoisotopic (exact) mass is 402 g/mol. The molecule has 30 heavy (non-hydrogen) atoms. The van der Waals surface area contributed by atoms with Crippen LogP contribution in [0.3, 0.4) is 0 Å². The number of aromatic nitrogens is 3. The van der Waals surface area contributed by atoms with Gasteiger partial charge in [-0.15, -0.1) is 0 Å². The van der Waals surface area contributed by atoms with Gasteiger partial charge in [0.05, 0.1) is 28.9 Å². The van der Waals surface area contributed by atoms with Crippen molar-refractivity contribution in [1.29, 1.82) is 5.41 Å². The molecule has 0 fully saturated rings. The molecule has 0 saturated carbocycles. The van der Waals surface area contributed by atoms with Gasteiger partial charge in [-0.3, -0.25) is 4.79 Å². The van der Waals surface area contributed by atoms with Gasteiger partial charge in [0.15, 0.2) is 0 Å². The van der Waals surface area contributed by atoms with E-state index in [1.807, 2.05) is 35.0 Å². The number of hydrogen-bond acceptors (Lipinski definition) is 4. The first kappa shape index (κ1) is 19.1. The minimum absolute atomic E-state index is 0.121. The maximum Gasteiger partial charge on any atom is 0.248 e. The molecule has 0 aliphatic carbocycles. The lowest BCUT2D eigenvalue weighted by Gasteiger charge is -2.09. The van der Waals surface area contributed by atoms with Crippen LogP contribution in [0.5, 0.6) is 0 Å². The molecule has 2 aromatic heterocycles. The van der Waals surface area contributed by atoms with E-state index in [1.165, 1.54) is 18.3 Å². The highest BCUT2D eigenvalue weighted by atomic mass is 19.1. The Hall–Kier alpha value is -4.20. The van der Waals surface area contributed by atoms with Gasteiger partial charge in [-0.1, -0.05) is 6.07 Å². The Labute approximate surface area is 171 Å². The van der Waals surface area contributed by atoms with Crippen molar-refractivity contribution in [2.24, 2.45) is 5.73 Å². The number of nitrogens with one attached hydrogen (secondary N) is 2. The van der Waals surface area contributed by atoms with E-state index in [-0.39, 0.29) is 5.56 Å². The van der Waals surface area contributed by atoms with Crippen molar-refractivity contribution >= 4 is 28.6 Å². The van der Waals surface area contributed by atoms with Gasteiger partial charge < -0.3 is 25.6 Å². The zero-order valence-corrected chi connectivity index (χ0v) is 16.1. The number of carbonyl (C=O) groups is 1. The van der Waals surface area contributed by atoms with Crippen molar-refractivity contribution in [3.8, 4) is 11.4 Å². The molecule has 0 atom stereocenters. The predicted molar refractivity (Wildman–Crippen MR) is 115 cm³/mol. The average molecular weight is 402 g/mol. The van der Waals surface area contributed by atoms with Crippen LogP contribution < -0.4 is 11.1 Å². The van der Waals surface area contributed by atoms with Crippen LogP contribution in [0.25, 0.3) is 27.9 Å². The first-order valence-electron chi connectivity index (χ1n) is 9.16. The number of rotatable bonds is 6. The summed E-state index contributed by atoms with van der Waals surface area (Å²) in [7, 11) is 1.76. The Morgan fingerprint density at radius 2 is 2.07 bits per heavy atom. The first-order valence-corrected chi connectivity index (χ1v) is 9.16. The molecule has 0 saturated heterocycles. The minimum atomic E-state index is -0.673. The SMILES string of the molecule is CN/C=C(\C=N)c1cn(-c2cccc3c2ccn3-c2ccc(C(N)=O)cc2F)cn1. The summed E-state index contributed by atoms with van der Waals surface area (Å²) < 4.78 is 18.2. The highest BCUT2D eigenvalue weighted by Gasteiger charge is 2.14. The van der Waals surface area contributed by atoms with E-state index >= 15 is 0 Å². The number of allylic oxidation sites excluding steroid dienone is 1. The van der Waals surface area contributed by atoms with Crippen LogP contribution in [0.15, 0.2) is 67.4 Å². The molecule has 4 aromatic rings. The second kappa shape index (κ2) is 7.67. The lowest BCUT2D eigenvalue weighted by Crippen LogP contribution is -2.11. The topological polar surface area (TPSA) is 102 Å². The van der Waals surface area contributed by atoms with Gasteiger partial charge in [-0.25, -0.2) is 9.37 Å². The molecule has 0 spiro atoms. The summed E-state index contributed by atoms with van der Waals surface area (Å²) in [5.41, 5.74) is 8.65. The normalized spacial score (nSPS) is 11.6. The molecular weight excluding hydrogens is 383 g/mol. The Balaban J connectivity index is 1.80. The molecule has 4 rings (SSSR count). The molecule has 0 aliphatic heterocycles. The summed E-state index contributed by atoms with van der Waals surface area (Å²) in [5, 5.41) is 11.4. The molecule has 8 heteroatoms. The fourth-order valence-corrected chi connectivity index (χ4v) is 3.39. The molecule has 150 valence electrons. The van der Waals surface area contributed by atoms with Crippen molar-refractivity contribution in [2.75, 3.05) is 7.05 Å². The Kier molecular flexibility index (Phi) is 4.89. The van der Waals surface area contributed by atoms with Gasteiger partial charge in [0.25, 0.3) is 0 Å². The van der Waals surface area contributed by atoms with Crippen LogP contribution in [0, 0.1) is 11.2 Å². The summed E-state index contributed by atoms with van der Waals surface area (Å²) in [6, 6.07) is 11.8. The lowest BCUT2D eigenvalue weighted by molar-refractivity contribution is 0.1000. The number of hydrogen-bond donors (Lipinski definition) is 3. The van der Waals surface area contributed by atoms with E-state index in [4.69, 9.17) is 11.1 Å². The van der Waals surface area contributed by atoms with Gasteiger partial charge in [0.2, 0.25) is 5.91 Å². The second-order valence-corrected chi connectivity index (χ2v) is 6.62. The quantitative estimate of drug-likeness (QED) is 0.432. The maximum absolute atomic E-state index is 14.7. The molecule has 2 aromatic carbocycles. The molecule has 0 radical (unpaired) electrons. The number of nitrogens with two attached hydrogens (primary N) is 1. The second-order valence-electron chi connectivity index (χ2n) is 6.62. The highest BCUT2D eigenvalue weighted by molar-refractivity contribution is 6.07. The van der Waals surface area contributed by atoms with E-state index in [1.54, 1.807) is 30.3 Å². The third-order valence-corrected chi connectivity index (χ3v) is 4.81. The number of amides is 1. The lowest BCUT2D eigenvalue weighted by atomic mass is 10.1. The third-order valence-electron chi connectivity index (χ3n) is 4.81. The average Bonchev–Trinajstić information content (AvgIpc) is 3.39. The molecule has 1 amide bonds. The van der Waals surface area contributed by atoms with E-state index in [0.29, 0.717) is 17.0 Å². The molecule has 0 bridgehead atoms. The number of carbonyl (C=O) groups excluding carboxylic acids is 1. The van der Waals surface area contributed by atoms with Crippen molar-refractivity contribution in [2.45, 2.75) is 0 Å². The number of nitrogens with zero attached hydrogens (tertiary/aromatic N) is 3.